The molecule has 2 nitrogen and oxygen atoms in total. The van der Waals surface area contributed by atoms with Gasteiger partial charge in [0.05, 0.1) is 18.6 Å². The second kappa shape index (κ2) is 5.32. The number of carbonyl (C=O) groups is 1. The molecule has 1 rings (SSSR count). The molecule has 0 aliphatic carbocycles. The quantitative estimate of drug-likeness (QED) is 0.440. The van der Waals surface area contributed by atoms with E-state index in [1.54, 1.807) is 6.07 Å². The highest BCUT2D eigenvalue weighted by Crippen LogP contribution is 2.30. The number of carbonyl (C=O) groups excluding carboxylic acids is 1. The summed E-state index contributed by atoms with van der Waals surface area (Å²) < 4.78 is 6.35. The van der Waals surface area contributed by atoms with Gasteiger partial charge in [0.25, 0.3) is 0 Å². The fourth-order valence-corrected chi connectivity index (χ4v) is 2.21. The third-order valence-corrected chi connectivity index (χ3v) is 5.08. The SMILES string of the molecule is COC(=O)Cc1ccc(Cl)c(I)c1Br. The monoisotopic (exact) mass is 388 g/mol. The topological polar surface area (TPSA) is 26.3 Å². The lowest BCUT2D eigenvalue weighted by Gasteiger charge is -2.06. The van der Waals surface area contributed by atoms with Crippen LogP contribution in [-0.2, 0) is 16.0 Å². The lowest BCUT2D eigenvalue weighted by molar-refractivity contribution is -0.139. The van der Waals surface area contributed by atoms with Crippen LogP contribution in [0.5, 0.6) is 0 Å². The highest BCUT2D eigenvalue weighted by Gasteiger charge is 2.11. The Hall–Kier alpha value is 0.190. The Morgan fingerprint density at radius 1 is 1.64 bits per heavy atom. The van der Waals surface area contributed by atoms with E-state index < -0.39 is 0 Å². The number of benzene rings is 1. The first-order valence-corrected chi connectivity index (χ1v) is 6.00. The largest absolute Gasteiger partial charge is 0.469 e. The first kappa shape index (κ1) is 12.3. The van der Waals surface area contributed by atoms with Crippen LogP contribution in [0.3, 0.4) is 0 Å². The molecule has 0 atom stereocenters. The van der Waals surface area contributed by atoms with E-state index in [9.17, 15) is 4.79 Å². The van der Waals surface area contributed by atoms with E-state index in [-0.39, 0.29) is 12.4 Å². The van der Waals surface area contributed by atoms with E-state index in [1.807, 2.05) is 6.07 Å². The Labute approximate surface area is 109 Å². The standard InChI is InChI=1S/C9H7BrClIO2/c1-14-7(13)4-5-2-3-6(11)9(12)8(5)10/h2-3H,4H2,1H3. The molecule has 0 N–H and O–H groups in total. The minimum atomic E-state index is -0.260. The van der Waals surface area contributed by atoms with Gasteiger partial charge in [-0.3, -0.25) is 4.79 Å². The fourth-order valence-electron chi connectivity index (χ4n) is 0.930. The van der Waals surface area contributed by atoms with Gasteiger partial charge < -0.3 is 4.74 Å². The van der Waals surface area contributed by atoms with Crippen LogP contribution < -0.4 is 0 Å². The molecule has 0 heterocycles. The van der Waals surface area contributed by atoms with E-state index in [0.29, 0.717) is 5.02 Å². The Bertz CT molecular complexity index is 368. The van der Waals surface area contributed by atoms with Crippen LogP contribution in [-0.4, -0.2) is 13.1 Å². The maximum Gasteiger partial charge on any atom is 0.310 e. The molecule has 0 bridgehead atoms. The molecule has 0 unspecified atom stereocenters. The zero-order valence-electron chi connectivity index (χ0n) is 7.31. The van der Waals surface area contributed by atoms with Gasteiger partial charge in [0.15, 0.2) is 0 Å². The molecule has 14 heavy (non-hydrogen) atoms. The lowest BCUT2D eigenvalue weighted by atomic mass is 10.1. The van der Waals surface area contributed by atoms with Crippen molar-refractivity contribution in [3.63, 3.8) is 0 Å². The van der Waals surface area contributed by atoms with Gasteiger partial charge >= 0.3 is 5.97 Å². The summed E-state index contributed by atoms with van der Waals surface area (Å²) in [6, 6.07) is 3.58. The van der Waals surface area contributed by atoms with Crippen molar-refractivity contribution in [1.29, 1.82) is 0 Å². The van der Waals surface area contributed by atoms with Crippen LogP contribution in [0.1, 0.15) is 5.56 Å². The lowest BCUT2D eigenvalue weighted by Crippen LogP contribution is -2.05. The summed E-state index contributed by atoms with van der Waals surface area (Å²) in [5.41, 5.74) is 0.880. The molecule has 1 aromatic carbocycles. The molecular formula is C9H7BrClIO2. The minimum Gasteiger partial charge on any atom is -0.469 e. The maximum atomic E-state index is 11.1. The van der Waals surface area contributed by atoms with E-state index in [4.69, 9.17) is 11.6 Å². The zero-order chi connectivity index (χ0) is 10.7. The van der Waals surface area contributed by atoms with Crippen molar-refractivity contribution in [2.75, 3.05) is 7.11 Å². The van der Waals surface area contributed by atoms with Crippen LogP contribution in [0.15, 0.2) is 16.6 Å². The number of hydrogen-bond acceptors (Lipinski definition) is 2. The van der Waals surface area contributed by atoms with Gasteiger partial charge in [-0.1, -0.05) is 17.7 Å². The molecule has 0 spiro atoms. The van der Waals surface area contributed by atoms with Crippen molar-refractivity contribution in [2.24, 2.45) is 0 Å². The third-order valence-electron chi connectivity index (χ3n) is 1.68. The summed E-state index contributed by atoms with van der Waals surface area (Å²) in [6.45, 7) is 0. The van der Waals surface area contributed by atoms with E-state index in [0.717, 1.165) is 13.6 Å². The van der Waals surface area contributed by atoms with Crippen LogP contribution in [0.4, 0.5) is 0 Å². The summed E-state index contributed by atoms with van der Waals surface area (Å²) in [7, 11) is 1.37. The molecule has 0 aliphatic rings. The normalized spacial score (nSPS) is 10.0. The van der Waals surface area contributed by atoms with Gasteiger partial charge in [0, 0.05) is 8.04 Å². The molecule has 0 aliphatic heterocycles. The van der Waals surface area contributed by atoms with Crippen molar-refractivity contribution >= 4 is 56.1 Å². The molecule has 0 radical (unpaired) electrons. The Morgan fingerprint density at radius 3 is 2.86 bits per heavy atom. The summed E-state index contributed by atoms with van der Waals surface area (Å²) >= 11 is 11.4. The molecule has 0 fully saturated rings. The second-order valence-electron chi connectivity index (χ2n) is 2.59. The number of ether oxygens (including phenoxy) is 1. The Morgan fingerprint density at radius 2 is 2.29 bits per heavy atom. The average molecular weight is 389 g/mol. The number of esters is 1. The van der Waals surface area contributed by atoms with Gasteiger partial charge in [-0.25, -0.2) is 0 Å². The molecule has 0 saturated heterocycles. The smallest absolute Gasteiger partial charge is 0.310 e. The average Bonchev–Trinajstić information content (AvgIpc) is 2.19. The van der Waals surface area contributed by atoms with Crippen LogP contribution >= 0.6 is 50.1 Å². The summed E-state index contributed by atoms with van der Waals surface area (Å²) in [5.74, 6) is -0.260. The first-order chi connectivity index (χ1) is 6.56. The molecule has 0 saturated carbocycles. The van der Waals surface area contributed by atoms with E-state index >= 15 is 0 Å². The highest BCUT2D eigenvalue weighted by atomic mass is 127. The number of halogens is 3. The third kappa shape index (κ3) is 2.84. The summed E-state index contributed by atoms with van der Waals surface area (Å²) in [4.78, 5) is 11.1. The van der Waals surface area contributed by atoms with Crippen molar-refractivity contribution < 1.29 is 9.53 Å². The van der Waals surface area contributed by atoms with Gasteiger partial charge in [0.1, 0.15) is 0 Å². The summed E-state index contributed by atoms with van der Waals surface area (Å²) in [6.07, 6.45) is 0.254. The van der Waals surface area contributed by atoms with Gasteiger partial charge in [-0.15, -0.1) is 0 Å². The Balaban J connectivity index is 3.00. The maximum absolute atomic E-state index is 11.1. The number of methoxy groups -OCH3 is 1. The minimum absolute atomic E-state index is 0.254. The fraction of sp³-hybridized carbons (Fsp3) is 0.222. The molecular weight excluding hydrogens is 382 g/mol. The molecule has 0 amide bonds. The summed E-state index contributed by atoms with van der Waals surface area (Å²) in [5, 5.41) is 0.672. The Kier molecular flexibility index (Phi) is 4.66. The number of rotatable bonds is 2. The van der Waals surface area contributed by atoms with Gasteiger partial charge in [0.2, 0.25) is 0 Å². The van der Waals surface area contributed by atoms with Crippen LogP contribution in [0, 0.1) is 3.57 Å². The van der Waals surface area contributed by atoms with Crippen molar-refractivity contribution in [2.45, 2.75) is 6.42 Å². The number of hydrogen-bond donors (Lipinski definition) is 0. The predicted octanol–water partition coefficient (Wildman–Crippen LogP) is 3.42. The second-order valence-corrected chi connectivity index (χ2v) is 4.87. The molecule has 76 valence electrons. The molecule has 1 aromatic rings. The van der Waals surface area contributed by atoms with Crippen LogP contribution in [0.2, 0.25) is 5.02 Å². The van der Waals surface area contributed by atoms with Crippen molar-refractivity contribution in [3.05, 3.63) is 30.8 Å². The highest BCUT2D eigenvalue weighted by molar-refractivity contribution is 14.1. The first-order valence-electron chi connectivity index (χ1n) is 3.75. The van der Waals surface area contributed by atoms with Gasteiger partial charge in [-0.05, 0) is 50.2 Å². The molecule has 0 aromatic heterocycles. The van der Waals surface area contributed by atoms with Gasteiger partial charge in [-0.2, -0.15) is 0 Å². The van der Waals surface area contributed by atoms with E-state index in [2.05, 4.69) is 43.3 Å². The predicted molar refractivity (Wildman–Crippen MR) is 67.6 cm³/mol. The van der Waals surface area contributed by atoms with Crippen molar-refractivity contribution in [1.82, 2.24) is 0 Å². The van der Waals surface area contributed by atoms with E-state index in [1.165, 1.54) is 7.11 Å². The van der Waals surface area contributed by atoms with Crippen LogP contribution in [0.25, 0.3) is 0 Å². The zero-order valence-corrected chi connectivity index (χ0v) is 11.8. The van der Waals surface area contributed by atoms with Crippen molar-refractivity contribution in [3.8, 4) is 0 Å². The molecule has 5 heteroatoms.